The van der Waals surface area contributed by atoms with Crippen molar-refractivity contribution >= 4 is 21.6 Å². The molecule has 0 heterocycles. The molecule has 0 saturated carbocycles. The molecular formula is C18H21FN2O3S. The van der Waals surface area contributed by atoms with Crippen LogP contribution >= 0.6 is 0 Å². The summed E-state index contributed by atoms with van der Waals surface area (Å²) in [5, 5.41) is 2.79. The fraction of sp³-hybridized carbons (Fsp3) is 0.278. The molecule has 7 heteroatoms. The van der Waals surface area contributed by atoms with Crippen molar-refractivity contribution in [2.45, 2.75) is 25.2 Å². The normalized spacial score (nSPS) is 11.4. The second-order valence-corrected chi connectivity index (χ2v) is 7.76. The Labute approximate surface area is 147 Å². The van der Waals surface area contributed by atoms with E-state index in [1.807, 2.05) is 0 Å². The average Bonchev–Trinajstić information content (AvgIpc) is 2.54. The molecular weight excluding hydrogens is 343 g/mol. The van der Waals surface area contributed by atoms with Crippen LogP contribution in [0.15, 0.2) is 53.4 Å². The van der Waals surface area contributed by atoms with E-state index in [9.17, 15) is 17.6 Å². The number of rotatable bonds is 7. The van der Waals surface area contributed by atoms with E-state index in [1.54, 1.807) is 0 Å². The number of halogens is 1. The molecule has 1 amide bonds. The maximum absolute atomic E-state index is 13.2. The molecule has 0 aromatic heterocycles. The number of carbonyl (C=O) groups is 1. The molecule has 0 atom stereocenters. The molecule has 2 rings (SSSR count). The summed E-state index contributed by atoms with van der Waals surface area (Å²) in [7, 11) is -3.85. The molecule has 2 aromatic rings. The molecule has 0 radical (unpaired) electrons. The first kappa shape index (κ1) is 18.9. The van der Waals surface area contributed by atoms with Crippen LogP contribution in [-0.4, -0.2) is 20.9 Å². The molecule has 0 bridgehead atoms. The van der Waals surface area contributed by atoms with Crippen molar-refractivity contribution in [1.82, 2.24) is 5.32 Å². The van der Waals surface area contributed by atoms with E-state index in [-0.39, 0.29) is 16.5 Å². The van der Waals surface area contributed by atoms with Crippen molar-refractivity contribution in [3.05, 3.63) is 59.9 Å². The highest BCUT2D eigenvalue weighted by atomic mass is 32.2. The number of anilines is 1. The van der Waals surface area contributed by atoms with E-state index in [0.717, 1.165) is 12.5 Å². The van der Waals surface area contributed by atoms with Crippen molar-refractivity contribution in [2.75, 3.05) is 11.3 Å². The van der Waals surface area contributed by atoms with Crippen LogP contribution in [0.1, 0.15) is 30.6 Å². The Morgan fingerprint density at radius 1 is 1.12 bits per heavy atom. The molecule has 0 fully saturated rings. The molecule has 0 saturated heterocycles. The minimum absolute atomic E-state index is 0.00417. The zero-order valence-electron chi connectivity index (χ0n) is 14.1. The number of carbonyl (C=O) groups excluding carboxylic acids is 1. The molecule has 134 valence electrons. The van der Waals surface area contributed by atoms with E-state index < -0.39 is 15.8 Å². The predicted molar refractivity (Wildman–Crippen MR) is 95.4 cm³/mol. The Morgan fingerprint density at radius 2 is 1.80 bits per heavy atom. The summed E-state index contributed by atoms with van der Waals surface area (Å²) in [6.45, 7) is 4.70. The molecule has 2 N–H and O–H groups in total. The standard InChI is InChI=1S/C18H21FN2O3S/c1-13(2)10-11-20-18(22)14-6-8-17(9-7-14)25(23,24)21-16-5-3-4-15(19)12-16/h3-9,12-13,21H,10-11H2,1-2H3,(H,20,22). The molecule has 0 aliphatic rings. The van der Waals surface area contributed by atoms with Crippen molar-refractivity contribution in [2.24, 2.45) is 5.92 Å². The maximum atomic E-state index is 13.2. The van der Waals surface area contributed by atoms with Crippen LogP contribution in [0.25, 0.3) is 0 Å². The van der Waals surface area contributed by atoms with Gasteiger partial charge in [0.05, 0.1) is 10.6 Å². The van der Waals surface area contributed by atoms with Gasteiger partial charge in [0, 0.05) is 12.1 Å². The van der Waals surface area contributed by atoms with Gasteiger partial charge in [-0.15, -0.1) is 0 Å². The molecule has 5 nitrogen and oxygen atoms in total. The van der Waals surface area contributed by atoms with Crippen LogP contribution < -0.4 is 10.0 Å². The molecule has 2 aromatic carbocycles. The van der Waals surface area contributed by atoms with Crippen LogP contribution in [0.4, 0.5) is 10.1 Å². The summed E-state index contributed by atoms with van der Waals surface area (Å²) in [5.41, 5.74) is 0.518. The number of amides is 1. The van der Waals surface area contributed by atoms with Gasteiger partial charge in [0.2, 0.25) is 0 Å². The van der Waals surface area contributed by atoms with Crippen molar-refractivity contribution in [1.29, 1.82) is 0 Å². The largest absolute Gasteiger partial charge is 0.352 e. The lowest BCUT2D eigenvalue weighted by molar-refractivity contribution is 0.0952. The Bertz CT molecular complexity index is 834. The lowest BCUT2D eigenvalue weighted by atomic mass is 10.1. The van der Waals surface area contributed by atoms with Crippen molar-refractivity contribution < 1.29 is 17.6 Å². The second kappa shape index (κ2) is 8.11. The van der Waals surface area contributed by atoms with E-state index in [2.05, 4.69) is 23.9 Å². The lowest BCUT2D eigenvalue weighted by Gasteiger charge is -2.10. The molecule has 0 spiro atoms. The number of hydrogen-bond acceptors (Lipinski definition) is 3. The van der Waals surface area contributed by atoms with Crippen LogP contribution in [-0.2, 0) is 10.0 Å². The van der Waals surface area contributed by atoms with Crippen LogP contribution in [0, 0.1) is 11.7 Å². The van der Waals surface area contributed by atoms with Gasteiger partial charge in [0.1, 0.15) is 5.82 Å². The first-order chi connectivity index (χ1) is 11.8. The second-order valence-electron chi connectivity index (χ2n) is 6.08. The fourth-order valence-electron chi connectivity index (χ4n) is 2.13. The summed E-state index contributed by atoms with van der Waals surface area (Å²) >= 11 is 0. The highest BCUT2D eigenvalue weighted by Crippen LogP contribution is 2.17. The third-order valence-corrected chi connectivity index (χ3v) is 4.91. The summed E-state index contributed by atoms with van der Waals surface area (Å²) in [6.07, 6.45) is 0.871. The van der Waals surface area contributed by atoms with E-state index in [0.29, 0.717) is 18.0 Å². The Hall–Kier alpha value is -2.41. The average molecular weight is 364 g/mol. The molecule has 25 heavy (non-hydrogen) atoms. The summed E-state index contributed by atoms with van der Waals surface area (Å²) in [5.74, 6) is -0.293. The van der Waals surface area contributed by atoms with Crippen LogP contribution in [0.5, 0.6) is 0 Å². The third kappa shape index (κ3) is 5.56. The first-order valence-corrected chi connectivity index (χ1v) is 9.43. The highest BCUT2D eigenvalue weighted by Gasteiger charge is 2.15. The van der Waals surface area contributed by atoms with Gasteiger partial charge in [0.25, 0.3) is 15.9 Å². The van der Waals surface area contributed by atoms with E-state index in [4.69, 9.17) is 0 Å². The van der Waals surface area contributed by atoms with Gasteiger partial charge >= 0.3 is 0 Å². The maximum Gasteiger partial charge on any atom is 0.261 e. The minimum Gasteiger partial charge on any atom is -0.352 e. The van der Waals surface area contributed by atoms with Gasteiger partial charge in [-0.1, -0.05) is 19.9 Å². The van der Waals surface area contributed by atoms with Gasteiger partial charge in [-0.2, -0.15) is 0 Å². The minimum atomic E-state index is -3.85. The molecule has 0 unspecified atom stereocenters. The quantitative estimate of drug-likeness (QED) is 0.791. The molecule has 0 aliphatic carbocycles. The van der Waals surface area contributed by atoms with Crippen molar-refractivity contribution in [3.8, 4) is 0 Å². The number of sulfonamides is 1. The van der Waals surface area contributed by atoms with Gasteiger partial charge in [-0.25, -0.2) is 12.8 Å². The molecule has 0 aliphatic heterocycles. The van der Waals surface area contributed by atoms with E-state index in [1.165, 1.54) is 42.5 Å². The summed E-state index contributed by atoms with van der Waals surface area (Å²) in [4.78, 5) is 12.0. The lowest BCUT2D eigenvalue weighted by Crippen LogP contribution is -2.25. The summed E-state index contributed by atoms with van der Waals surface area (Å²) in [6, 6.07) is 10.8. The topological polar surface area (TPSA) is 75.3 Å². The SMILES string of the molecule is CC(C)CCNC(=O)c1ccc(S(=O)(=O)Nc2cccc(F)c2)cc1. The Balaban J connectivity index is 2.06. The van der Waals surface area contributed by atoms with E-state index >= 15 is 0 Å². The number of benzene rings is 2. The van der Waals surface area contributed by atoms with Gasteiger partial charge < -0.3 is 5.32 Å². The van der Waals surface area contributed by atoms with Gasteiger partial charge in [0.15, 0.2) is 0 Å². The summed E-state index contributed by atoms with van der Waals surface area (Å²) < 4.78 is 40.1. The predicted octanol–water partition coefficient (Wildman–Crippen LogP) is 3.40. The van der Waals surface area contributed by atoms with Crippen molar-refractivity contribution in [3.63, 3.8) is 0 Å². The number of nitrogens with one attached hydrogen (secondary N) is 2. The zero-order chi connectivity index (χ0) is 18.4. The smallest absolute Gasteiger partial charge is 0.261 e. The Morgan fingerprint density at radius 3 is 2.40 bits per heavy atom. The van der Waals surface area contributed by atoms with Crippen LogP contribution in [0.3, 0.4) is 0 Å². The third-order valence-electron chi connectivity index (χ3n) is 3.51. The Kier molecular flexibility index (Phi) is 6.14. The zero-order valence-corrected chi connectivity index (χ0v) is 14.9. The highest BCUT2D eigenvalue weighted by molar-refractivity contribution is 7.92. The number of hydrogen-bond donors (Lipinski definition) is 2. The van der Waals surface area contributed by atoms with Gasteiger partial charge in [-0.3, -0.25) is 9.52 Å². The monoisotopic (exact) mass is 364 g/mol. The first-order valence-electron chi connectivity index (χ1n) is 7.94. The fourth-order valence-corrected chi connectivity index (χ4v) is 3.18. The van der Waals surface area contributed by atoms with Gasteiger partial charge in [-0.05, 0) is 54.8 Å². The van der Waals surface area contributed by atoms with Crippen LogP contribution in [0.2, 0.25) is 0 Å².